The molecule has 0 saturated carbocycles. The molecule has 0 aliphatic carbocycles. The molecule has 0 spiro atoms. The summed E-state index contributed by atoms with van der Waals surface area (Å²) in [4.78, 5) is 51.1. The van der Waals surface area contributed by atoms with Crippen LogP contribution in [-0.2, 0) is 4.74 Å². The number of rotatable bonds is 5. The van der Waals surface area contributed by atoms with E-state index in [2.05, 4.69) is 0 Å². The normalized spacial score (nSPS) is 13.7. The van der Waals surface area contributed by atoms with E-state index in [1.54, 1.807) is 48.5 Å². The molecule has 0 saturated heterocycles. The lowest BCUT2D eigenvalue weighted by Crippen LogP contribution is -2.29. The Morgan fingerprint density at radius 2 is 1.32 bits per heavy atom. The predicted octanol–water partition coefficient (Wildman–Crippen LogP) is 4.57. The number of imide groups is 1. The average molecular weight is 434 g/mol. The highest BCUT2D eigenvalue weighted by molar-refractivity contribution is 6.34. The molecule has 0 bridgehead atoms. The Labute approximate surface area is 183 Å². The first-order valence-corrected chi connectivity index (χ1v) is 9.83. The van der Waals surface area contributed by atoms with E-state index in [0.29, 0.717) is 27.4 Å². The van der Waals surface area contributed by atoms with E-state index >= 15 is 0 Å². The molecule has 0 N–H and O–H groups in total. The van der Waals surface area contributed by atoms with Crippen molar-refractivity contribution in [3.8, 4) is 0 Å². The fraction of sp³-hybridized carbons (Fsp3) is 0.0833. The van der Waals surface area contributed by atoms with E-state index < -0.39 is 23.9 Å². The molecule has 1 heterocycles. The molecule has 3 aromatic rings. The Hall–Kier alpha value is -3.77. The SMILES string of the molecule is CC(OC(=O)c1ccc(N2C(=O)c3ccccc3C2=O)cc1)C(=O)c1ccc(Cl)cc1. The number of ether oxygens (including phenoxy) is 1. The average Bonchev–Trinajstić information content (AvgIpc) is 3.04. The third kappa shape index (κ3) is 3.85. The lowest BCUT2D eigenvalue weighted by atomic mass is 10.1. The number of Topliss-reactive ketones (excluding diaryl/α,β-unsaturated/α-hetero) is 1. The van der Waals surface area contributed by atoms with Crippen LogP contribution in [0.2, 0.25) is 5.02 Å². The number of halogens is 1. The van der Waals surface area contributed by atoms with Crippen LogP contribution in [0.3, 0.4) is 0 Å². The lowest BCUT2D eigenvalue weighted by molar-refractivity contribution is 0.0319. The molecule has 6 nitrogen and oxygen atoms in total. The van der Waals surface area contributed by atoms with E-state index in [9.17, 15) is 19.2 Å². The topological polar surface area (TPSA) is 80.8 Å². The Morgan fingerprint density at radius 3 is 1.87 bits per heavy atom. The largest absolute Gasteiger partial charge is 0.451 e. The van der Waals surface area contributed by atoms with Crippen LogP contribution in [0.4, 0.5) is 5.69 Å². The van der Waals surface area contributed by atoms with Crippen molar-refractivity contribution in [3.63, 3.8) is 0 Å². The Morgan fingerprint density at radius 1 is 0.806 bits per heavy atom. The van der Waals surface area contributed by atoms with Gasteiger partial charge in [0.05, 0.1) is 22.4 Å². The monoisotopic (exact) mass is 433 g/mol. The van der Waals surface area contributed by atoms with Crippen LogP contribution in [0.15, 0.2) is 72.8 Å². The number of anilines is 1. The van der Waals surface area contributed by atoms with Crippen molar-refractivity contribution in [1.82, 2.24) is 0 Å². The van der Waals surface area contributed by atoms with Crippen molar-refractivity contribution in [2.45, 2.75) is 13.0 Å². The minimum absolute atomic E-state index is 0.191. The molecule has 3 aromatic carbocycles. The van der Waals surface area contributed by atoms with Crippen LogP contribution in [0.5, 0.6) is 0 Å². The van der Waals surface area contributed by atoms with Gasteiger partial charge >= 0.3 is 5.97 Å². The lowest BCUT2D eigenvalue weighted by Gasteiger charge is -2.15. The fourth-order valence-corrected chi connectivity index (χ4v) is 3.43. The van der Waals surface area contributed by atoms with Crippen molar-refractivity contribution < 1.29 is 23.9 Å². The molecule has 1 aliphatic heterocycles. The highest BCUT2D eigenvalue weighted by Gasteiger charge is 2.36. The maximum absolute atomic E-state index is 12.6. The van der Waals surface area contributed by atoms with Gasteiger partial charge in [-0.3, -0.25) is 14.4 Å². The minimum atomic E-state index is -0.996. The standard InChI is InChI=1S/C24H16ClNO5/c1-14(21(27)15-6-10-17(25)11-7-15)31-24(30)16-8-12-18(13-9-16)26-22(28)19-4-2-3-5-20(19)23(26)29/h2-14H,1H3. The molecule has 2 amide bonds. The number of carbonyl (C=O) groups excluding carboxylic acids is 4. The first-order chi connectivity index (χ1) is 14.9. The predicted molar refractivity (Wildman–Crippen MR) is 115 cm³/mol. The van der Waals surface area contributed by atoms with Gasteiger partial charge in [-0.2, -0.15) is 0 Å². The Kier molecular flexibility index (Phi) is 5.40. The van der Waals surface area contributed by atoms with Gasteiger partial charge in [-0.25, -0.2) is 9.69 Å². The zero-order chi connectivity index (χ0) is 22.1. The number of ketones is 1. The second-order valence-corrected chi connectivity index (χ2v) is 7.39. The van der Waals surface area contributed by atoms with Gasteiger partial charge in [0.2, 0.25) is 5.78 Å². The zero-order valence-electron chi connectivity index (χ0n) is 16.4. The van der Waals surface area contributed by atoms with Crippen LogP contribution >= 0.6 is 11.6 Å². The number of fused-ring (bicyclic) bond motifs is 1. The Bertz CT molecular complexity index is 1170. The van der Waals surface area contributed by atoms with Crippen molar-refractivity contribution in [2.24, 2.45) is 0 Å². The van der Waals surface area contributed by atoms with Crippen LogP contribution < -0.4 is 4.90 Å². The summed E-state index contributed by atoms with van der Waals surface area (Å²) >= 11 is 5.82. The smallest absolute Gasteiger partial charge is 0.338 e. The van der Waals surface area contributed by atoms with Gasteiger partial charge in [-0.15, -0.1) is 0 Å². The highest BCUT2D eigenvalue weighted by atomic mass is 35.5. The molecule has 0 aromatic heterocycles. The molecule has 0 radical (unpaired) electrons. The fourth-order valence-electron chi connectivity index (χ4n) is 3.30. The summed E-state index contributed by atoms with van der Waals surface area (Å²) in [6.07, 6.45) is -0.996. The summed E-state index contributed by atoms with van der Waals surface area (Å²) in [5, 5.41) is 0.499. The number of amides is 2. The van der Waals surface area contributed by atoms with Crippen molar-refractivity contribution in [2.75, 3.05) is 4.90 Å². The number of hydrogen-bond donors (Lipinski definition) is 0. The molecular weight excluding hydrogens is 418 g/mol. The van der Waals surface area contributed by atoms with Crippen LogP contribution in [-0.4, -0.2) is 29.7 Å². The van der Waals surface area contributed by atoms with Crippen molar-refractivity contribution in [1.29, 1.82) is 0 Å². The molecule has 0 fully saturated rings. The molecule has 31 heavy (non-hydrogen) atoms. The zero-order valence-corrected chi connectivity index (χ0v) is 17.1. The molecule has 1 aliphatic rings. The summed E-state index contributed by atoms with van der Waals surface area (Å²) < 4.78 is 5.27. The molecule has 7 heteroatoms. The van der Waals surface area contributed by atoms with E-state index in [1.807, 2.05) is 0 Å². The quantitative estimate of drug-likeness (QED) is 0.334. The number of carbonyl (C=O) groups is 4. The molecular formula is C24H16ClNO5. The third-order valence-corrected chi connectivity index (χ3v) is 5.19. The van der Waals surface area contributed by atoms with Gasteiger partial charge in [-0.1, -0.05) is 23.7 Å². The van der Waals surface area contributed by atoms with Crippen LogP contribution in [0.1, 0.15) is 48.4 Å². The third-order valence-electron chi connectivity index (χ3n) is 4.94. The van der Waals surface area contributed by atoms with E-state index in [0.717, 1.165) is 4.90 Å². The highest BCUT2D eigenvalue weighted by Crippen LogP contribution is 2.28. The summed E-state index contributed by atoms with van der Waals surface area (Å²) in [7, 11) is 0. The van der Waals surface area contributed by atoms with Crippen LogP contribution in [0.25, 0.3) is 0 Å². The first-order valence-electron chi connectivity index (χ1n) is 9.45. The van der Waals surface area contributed by atoms with Gasteiger partial charge < -0.3 is 4.74 Å². The van der Waals surface area contributed by atoms with E-state index in [1.165, 1.54) is 31.2 Å². The minimum Gasteiger partial charge on any atom is -0.451 e. The summed E-state index contributed by atoms with van der Waals surface area (Å²) in [5.41, 5.74) is 1.59. The first kappa shape index (κ1) is 20.5. The maximum atomic E-state index is 12.6. The molecule has 154 valence electrons. The van der Waals surface area contributed by atoms with Gasteiger partial charge in [0.15, 0.2) is 6.10 Å². The molecule has 4 rings (SSSR count). The number of esters is 1. The van der Waals surface area contributed by atoms with Crippen LogP contribution in [0, 0.1) is 0 Å². The van der Waals surface area contributed by atoms with Crippen molar-refractivity contribution in [3.05, 3.63) is 100 Å². The van der Waals surface area contributed by atoms with Gasteiger partial charge in [0, 0.05) is 10.6 Å². The molecule has 1 unspecified atom stereocenters. The second-order valence-electron chi connectivity index (χ2n) is 6.96. The van der Waals surface area contributed by atoms with E-state index in [-0.39, 0.29) is 11.3 Å². The second kappa shape index (κ2) is 8.16. The number of hydrogen-bond acceptors (Lipinski definition) is 5. The van der Waals surface area contributed by atoms with E-state index in [4.69, 9.17) is 16.3 Å². The summed E-state index contributed by atoms with van der Waals surface area (Å²) in [5.74, 6) is -1.88. The summed E-state index contributed by atoms with van der Waals surface area (Å²) in [6, 6.07) is 18.7. The van der Waals surface area contributed by atoms with Gasteiger partial charge in [-0.05, 0) is 67.6 Å². The Balaban J connectivity index is 1.46. The number of benzene rings is 3. The van der Waals surface area contributed by atoms with Gasteiger partial charge in [0.1, 0.15) is 0 Å². The summed E-state index contributed by atoms with van der Waals surface area (Å²) in [6.45, 7) is 1.49. The maximum Gasteiger partial charge on any atom is 0.338 e. The molecule has 1 atom stereocenters. The number of nitrogens with zero attached hydrogens (tertiary/aromatic N) is 1. The van der Waals surface area contributed by atoms with Gasteiger partial charge in [0.25, 0.3) is 11.8 Å². The van der Waals surface area contributed by atoms with Crippen molar-refractivity contribution >= 4 is 40.9 Å².